The van der Waals surface area contributed by atoms with E-state index < -0.39 is 26.5 Å². The number of hydrogen-bond acceptors (Lipinski definition) is 10. The van der Waals surface area contributed by atoms with Crippen molar-refractivity contribution in [1.29, 1.82) is 0 Å². The summed E-state index contributed by atoms with van der Waals surface area (Å²) in [7, 11) is 1.74. The smallest absolute Gasteiger partial charge is 0.320 e. The van der Waals surface area contributed by atoms with Crippen LogP contribution in [0.1, 0.15) is 12.2 Å². The van der Waals surface area contributed by atoms with Crippen LogP contribution in [0.15, 0.2) is 35.7 Å². The van der Waals surface area contributed by atoms with Gasteiger partial charge in [-0.15, -0.1) is 11.8 Å². The lowest BCUT2D eigenvalue weighted by Gasteiger charge is -2.35. The first kappa shape index (κ1) is 26.8. The molecule has 1 aromatic heterocycles. The number of sulfonamides is 1. The lowest BCUT2D eigenvalue weighted by atomic mass is 10.2. The third kappa shape index (κ3) is 6.17. The Kier molecular flexibility index (Phi) is 8.83. The summed E-state index contributed by atoms with van der Waals surface area (Å²) in [6.45, 7) is 4.18. The highest BCUT2D eigenvalue weighted by Gasteiger charge is 2.43. The zero-order chi connectivity index (χ0) is 25.7. The second-order valence-electron chi connectivity index (χ2n) is 9.18. The number of nitrogens with zero attached hydrogens (tertiary/aromatic N) is 5. The lowest BCUT2D eigenvalue weighted by Crippen LogP contribution is -2.52. The van der Waals surface area contributed by atoms with E-state index in [0.717, 1.165) is 36.2 Å². The van der Waals surface area contributed by atoms with Gasteiger partial charge in [-0.2, -0.15) is 4.31 Å². The van der Waals surface area contributed by atoms with E-state index in [-0.39, 0.29) is 0 Å². The van der Waals surface area contributed by atoms with Gasteiger partial charge in [-0.25, -0.2) is 18.4 Å². The van der Waals surface area contributed by atoms with Crippen LogP contribution in [-0.2, 0) is 26.1 Å². The SMILES string of the molecule is COC(=O)C1SC=CC1S(=O)(=O)N1CCN(Cc2nc(NCCCN(C)C)c3ccccc3n2)CC1. The molecule has 2 atom stereocenters. The molecule has 3 heterocycles. The Hall–Kier alpha value is -2.25. The van der Waals surface area contributed by atoms with Gasteiger partial charge in [-0.3, -0.25) is 9.69 Å². The van der Waals surface area contributed by atoms with Crippen molar-refractivity contribution >= 4 is 44.5 Å². The number of nitrogens with one attached hydrogen (secondary N) is 1. The number of hydrogen-bond donors (Lipinski definition) is 1. The first-order valence-electron chi connectivity index (χ1n) is 12.0. The van der Waals surface area contributed by atoms with Crippen molar-refractivity contribution in [2.45, 2.75) is 23.5 Å². The average Bonchev–Trinajstić information content (AvgIpc) is 3.37. The van der Waals surface area contributed by atoms with E-state index in [4.69, 9.17) is 14.7 Å². The largest absolute Gasteiger partial charge is 0.468 e. The molecular formula is C24H34N6O4S2. The molecule has 0 aliphatic carbocycles. The van der Waals surface area contributed by atoms with Crippen molar-refractivity contribution < 1.29 is 17.9 Å². The van der Waals surface area contributed by atoms with Gasteiger partial charge in [0.2, 0.25) is 10.0 Å². The highest BCUT2D eigenvalue weighted by Crippen LogP contribution is 2.32. The van der Waals surface area contributed by atoms with Gasteiger partial charge in [-0.1, -0.05) is 18.2 Å². The van der Waals surface area contributed by atoms with Crippen LogP contribution in [0, 0.1) is 0 Å². The fourth-order valence-corrected chi connectivity index (χ4v) is 7.71. The fraction of sp³-hybridized carbons (Fsp3) is 0.542. The van der Waals surface area contributed by atoms with E-state index in [9.17, 15) is 13.2 Å². The van der Waals surface area contributed by atoms with Crippen LogP contribution in [0.5, 0.6) is 0 Å². The maximum atomic E-state index is 13.2. The number of piperazine rings is 1. The Morgan fingerprint density at radius 3 is 2.67 bits per heavy atom. The van der Waals surface area contributed by atoms with Crippen molar-refractivity contribution in [3.8, 4) is 0 Å². The molecule has 1 fully saturated rings. The Balaban J connectivity index is 1.40. The maximum Gasteiger partial charge on any atom is 0.320 e. The number of carbonyl (C=O) groups excluding carboxylic acids is 1. The molecule has 0 saturated carbocycles. The standard InChI is InChI=1S/C24H34N6O4S2/c1-28(2)11-6-10-25-23-18-7-4-5-8-19(18)26-21(27-23)17-29-12-14-30(15-13-29)36(32,33)20-9-16-35-22(20)24(31)34-3/h4-5,7-9,16,20,22H,6,10-15,17H2,1-3H3,(H,25,26,27). The zero-order valence-electron chi connectivity index (χ0n) is 21.0. The van der Waals surface area contributed by atoms with Gasteiger partial charge in [0.15, 0.2) is 0 Å². The van der Waals surface area contributed by atoms with Crippen molar-refractivity contribution in [3.63, 3.8) is 0 Å². The minimum atomic E-state index is -3.66. The van der Waals surface area contributed by atoms with E-state index in [0.29, 0.717) is 38.5 Å². The molecule has 2 aliphatic heterocycles. The summed E-state index contributed by atoms with van der Waals surface area (Å²) >= 11 is 1.19. The van der Waals surface area contributed by atoms with Crippen LogP contribution in [0.25, 0.3) is 10.9 Å². The van der Waals surface area contributed by atoms with E-state index in [1.54, 1.807) is 11.5 Å². The Morgan fingerprint density at radius 1 is 1.19 bits per heavy atom. The summed E-state index contributed by atoms with van der Waals surface area (Å²) in [5, 5.41) is 4.47. The van der Waals surface area contributed by atoms with Crippen LogP contribution in [0.3, 0.4) is 0 Å². The van der Waals surface area contributed by atoms with Crippen LogP contribution < -0.4 is 5.32 Å². The quantitative estimate of drug-likeness (QED) is 0.357. The Labute approximate surface area is 217 Å². The summed E-state index contributed by atoms with van der Waals surface area (Å²) in [4.78, 5) is 25.9. The second kappa shape index (κ2) is 11.9. The molecule has 12 heteroatoms. The molecule has 2 unspecified atom stereocenters. The number of methoxy groups -OCH3 is 1. The minimum Gasteiger partial charge on any atom is -0.468 e. The van der Waals surface area contributed by atoms with Gasteiger partial charge in [0.05, 0.1) is 19.2 Å². The minimum absolute atomic E-state index is 0.356. The molecule has 4 rings (SSSR count). The lowest BCUT2D eigenvalue weighted by molar-refractivity contribution is -0.139. The van der Waals surface area contributed by atoms with Gasteiger partial charge >= 0.3 is 5.97 Å². The second-order valence-corrected chi connectivity index (χ2v) is 12.3. The Morgan fingerprint density at radius 2 is 1.94 bits per heavy atom. The molecule has 2 aliphatic rings. The number of thioether (sulfide) groups is 1. The van der Waals surface area contributed by atoms with Crippen LogP contribution >= 0.6 is 11.8 Å². The number of benzene rings is 1. The van der Waals surface area contributed by atoms with Gasteiger partial charge in [0.25, 0.3) is 0 Å². The predicted molar refractivity (Wildman–Crippen MR) is 143 cm³/mol. The zero-order valence-corrected chi connectivity index (χ0v) is 22.6. The monoisotopic (exact) mass is 534 g/mol. The summed E-state index contributed by atoms with van der Waals surface area (Å²) < 4.78 is 32.8. The van der Waals surface area contributed by atoms with Crippen molar-refractivity contribution in [2.24, 2.45) is 0 Å². The molecule has 0 bridgehead atoms. The highest BCUT2D eigenvalue weighted by molar-refractivity contribution is 8.05. The predicted octanol–water partition coefficient (Wildman–Crippen LogP) is 1.61. The molecule has 10 nitrogen and oxygen atoms in total. The summed E-state index contributed by atoms with van der Waals surface area (Å²) in [5.74, 6) is 1.02. The molecule has 0 amide bonds. The van der Waals surface area contributed by atoms with Crippen LogP contribution in [-0.4, -0.2) is 109 Å². The average molecular weight is 535 g/mol. The molecule has 196 valence electrons. The van der Waals surface area contributed by atoms with Crippen molar-refractivity contribution in [1.82, 2.24) is 24.1 Å². The summed E-state index contributed by atoms with van der Waals surface area (Å²) in [5.41, 5.74) is 0.887. The normalized spacial score (nSPS) is 21.3. The van der Waals surface area contributed by atoms with E-state index >= 15 is 0 Å². The number of rotatable bonds is 10. The molecule has 2 aromatic rings. The third-order valence-corrected chi connectivity index (χ3v) is 9.82. The number of para-hydroxylation sites is 1. The van der Waals surface area contributed by atoms with E-state index in [2.05, 4.69) is 29.2 Å². The molecule has 36 heavy (non-hydrogen) atoms. The van der Waals surface area contributed by atoms with Crippen molar-refractivity contribution in [2.75, 3.05) is 65.8 Å². The van der Waals surface area contributed by atoms with Gasteiger partial charge in [0.1, 0.15) is 22.1 Å². The first-order chi connectivity index (χ1) is 17.3. The maximum absolute atomic E-state index is 13.2. The molecule has 1 N–H and O–H groups in total. The summed E-state index contributed by atoms with van der Waals surface area (Å²) in [6, 6.07) is 7.96. The molecular weight excluding hydrogens is 500 g/mol. The summed E-state index contributed by atoms with van der Waals surface area (Å²) in [6.07, 6.45) is 2.59. The number of aromatic nitrogens is 2. The van der Waals surface area contributed by atoms with Gasteiger partial charge in [0, 0.05) is 38.1 Å². The number of esters is 1. The molecule has 1 aromatic carbocycles. The van der Waals surface area contributed by atoms with E-state index in [1.807, 2.05) is 24.3 Å². The van der Waals surface area contributed by atoms with Gasteiger partial charge in [-0.05, 0) is 44.6 Å². The third-order valence-electron chi connectivity index (χ3n) is 6.35. The number of ether oxygens (including phenoxy) is 1. The number of anilines is 1. The Bertz CT molecular complexity index is 1200. The number of fused-ring (bicyclic) bond motifs is 1. The number of carbonyl (C=O) groups is 1. The molecule has 0 radical (unpaired) electrons. The first-order valence-corrected chi connectivity index (χ1v) is 14.5. The molecule has 0 spiro atoms. The molecule has 1 saturated heterocycles. The van der Waals surface area contributed by atoms with Crippen LogP contribution in [0.4, 0.5) is 5.82 Å². The van der Waals surface area contributed by atoms with E-state index in [1.165, 1.54) is 23.2 Å². The van der Waals surface area contributed by atoms with Crippen molar-refractivity contribution in [3.05, 3.63) is 41.6 Å². The van der Waals surface area contributed by atoms with Gasteiger partial charge < -0.3 is 15.0 Å². The van der Waals surface area contributed by atoms with Crippen LogP contribution in [0.2, 0.25) is 0 Å². The highest BCUT2D eigenvalue weighted by atomic mass is 32.2. The topological polar surface area (TPSA) is 108 Å². The fourth-order valence-electron chi connectivity index (χ4n) is 4.39.